The Bertz CT molecular complexity index is 497. The summed E-state index contributed by atoms with van der Waals surface area (Å²) in [7, 11) is 0. The van der Waals surface area contributed by atoms with Crippen molar-refractivity contribution < 1.29 is 14.7 Å². The molecular formula is C13H19N3O3S. The Kier molecular flexibility index (Phi) is 4.59. The average Bonchev–Trinajstić information content (AvgIpc) is 3.10. The molecule has 1 heterocycles. The van der Waals surface area contributed by atoms with Crippen LogP contribution in [0.4, 0.5) is 9.93 Å². The molecule has 0 bridgehead atoms. The number of nitrogens with one attached hydrogen (secondary N) is 1. The first-order valence-corrected chi connectivity index (χ1v) is 7.60. The van der Waals surface area contributed by atoms with Crippen molar-refractivity contribution in [2.24, 2.45) is 0 Å². The van der Waals surface area contributed by atoms with Crippen LogP contribution in [0.5, 0.6) is 0 Å². The Balaban J connectivity index is 1.93. The Labute approximate surface area is 121 Å². The quantitative estimate of drug-likeness (QED) is 0.845. The van der Waals surface area contributed by atoms with Crippen molar-refractivity contribution in [3.63, 3.8) is 0 Å². The maximum absolute atomic E-state index is 12.1. The zero-order chi connectivity index (χ0) is 14.7. The van der Waals surface area contributed by atoms with Gasteiger partial charge in [-0.15, -0.1) is 11.3 Å². The number of amides is 2. The number of thiazole rings is 1. The van der Waals surface area contributed by atoms with Crippen molar-refractivity contribution in [3.05, 3.63) is 11.1 Å². The lowest BCUT2D eigenvalue weighted by molar-refractivity contribution is -0.137. The van der Waals surface area contributed by atoms with Gasteiger partial charge in [0.05, 0.1) is 12.1 Å². The third-order valence-corrected chi connectivity index (χ3v) is 3.96. The van der Waals surface area contributed by atoms with Crippen LogP contribution in [0, 0.1) is 0 Å². The van der Waals surface area contributed by atoms with Crippen molar-refractivity contribution in [2.75, 3.05) is 11.9 Å². The molecule has 1 fully saturated rings. The van der Waals surface area contributed by atoms with Crippen molar-refractivity contribution in [1.29, 1.82) is 0 Å². The van der Waals surface area contributed by atoms with Gasteiger partial charge in [0.1, 0.15) is 0 Å². The first-order valence-electron chi connectivity index (χ1n) is 6.72. The number of aliphatic carboxylic acids is 1. The Morgan fingerprint density at radius 3 is 2.80 bits per heavy atom. The van der Waals surface area contributed by atoms with Gasteiger partial charge in [0.2, 0.25) is 0 Å². The number of aromatic nitrogens is 1. The van der Waals surface area contributed by atoms with Crippen LogP contribution in [0.2, 0.25) is 0 Å². The smallest absolute Gasteiger partial charge is 0.323 e. The van der Waals surface area contributed by atoms with Gasteiger partial charge < -0.3 is 10.0 Å². The molecule has 0 radical (unpaired) electrons. The maximum atomic E-state index is 12.1. The van der Waals surface area contributed by atoms with Gasteiger partial charge >= 0.3 is 12.0 Å². The van der Waals surface area contributed by atoms with E-state index in [4.69, 9.17) is 5.11 Å². The van der Waals surface area contributed by atoms with Crippen LogP contribution >= 0.6 is 11.3 Å². The zero-order valence-electron chi connectivity index (χ0n) is 11.6. The minimum absolute atomic E-state index is 0.0581. The van der Waals surface area contributed by atoms with Gasteiger partial charge in [-0.1, -0.05) is 0 Å². The van der Waals surface area contributed by atoms with Gasteiger partial charge in [-0.3, -0.25) is 10.1 Å². The molecule has 2 N–H and O–H groups in total. The van der Waals surface area contributed by atoms with Crippen LogP contribution in [-0.4, -0.2) is 39.6 Å². The monoisotopic (exact) mass is 297 g/mol. The minimum atomic E-state index is -0.909. The summed E-state index contributed by atoms with van der Waals surface area (Å²) >= 11 is 1.41. The summed E-state index contributed by atoms with van der Waals surface area (Å²) in [6.07, 6.45) is 2.29. The maximum Gasteiger partial charge on any atom is 0.323 e. The molecule has 0 saturated heterocycles. The SMILES string of the molecule is CC(C)N(CCC(=O)O)C(=O)Nc1nc(C2CC2)cs1. The van der Waals surface area contributed by atoms with Crippen molar-refractivity contribution in [2.45, 2.75) is 45.1 Å². The van der Waals surface area contributed by atoms with Gasteiger partial charge in [-0.05, 0) is 26.7 Å². The van der Waals surface area contributed by atoms with E-state index in [-0.39, 0.29) is 25.0 Å². The van der Waals surface area contributed by atoms with E-state index < -0.39 is 5.97 Å². The number of rotatable bonds is 6. The fraction of sp³-hybridized carbons (Fsp3) is 0.615. The normalized spacial score (nSPS) is 14.3. The lowest BCUT2D eigenvalue weighted by atomic mass is 10.3. The molecule has 20 heavy (non-hydrogen) atoms. The summed E-state index contributed by atoms with van der Waals surface area (Å²) in [5.74, 6) is -0.348. The Morgan fingerprint density at radius 1 is 1.55 bits per heavy atom. The highest BCUT2D eigenvalue weighted by molar-refractivity contribution is 7.13. The third kappa shape index (κ3) is 3.93. The number of carboxylic acid groups (broad SMARTS) is 1. The fourth-order valence-corrected chi connectivity index (χ4v) is 2.67. The summed E-state index contributed by atoms with van der Waals surface area (Å²) in [6, 6.07) is -0.352. The number of hydrogen-bond donors (Lipinski definition) is 2. The molecule has 1 aromatic heterocycles. The van der Waals surface area contributed by atoms with Crippen LogP contribution in [0.15, 0.2) is 5.38 Å². The molecule has 0 unspecified atom stereocenters. The average molecular weight is 297 g/mol. The molecule has 110 valence electrons. The highest BCUT2D eigenvalue weighted by Gasteiger charge is 2.26. The van der Waals surface area contributed by atoms with Crippen LogP contribution in [0.25, 0.3) is 0 Å². The molecule has 6 nitrogen and oxygen atoms in total. The lowest BCUT2D eigenvalue weighted by Crippen LogP contribution is -2.41. The lowest BCUT2D eigenvalue weighted by Gasteiger charge is -2.25. The minimum Gasteiger partial charge on any atom is -0.481 e. The van der Waals surface area contributed by atoms with Gasteiger partial charge in [-0.2, -0.15) is 0 Å². The second-order valence-electron chi connectivity index (χ2n) is 5.21. The standard InChI is InChI=1S/C13H19N3O3S/c1-8(2)16(6-5-11(17)18)13(19)15-12-14-10(7-20-12)9-3-4-9/h7-9H,3-6H2,1-2H3,(H,17,18)(H,14,15,19). The topological polar surface area (TPSA) is 82.5 Å². The summed E-state index contributed by atoms with van der Waals surface area (Å²) in [4.78, 5) is 28.7. The van der Waals surface area contributed by atoms with Crippen LogP contribution in [0.1, 0.15) is 44.7 Å². The molecule has 7 heteroatoms. The van der Waals surface area contributed by atoms with E-state index in [1.807, 2.05) is 19.2 Å². The van der Waals surface area contributed by atoms with E-state index in [2.05, 4.69) is 10.3 Å². The molecule has 1 aliphatic carbocycles. The van der Waals surface area contributed by atoms with E-state index in [9.17, 15) is 9.59 Å². The van der Waals surface area contributed by atoms with Crippen molar-refractivity contribution in [3.8, 4) is 0 Å². The Morgan fingerprint density at radius 2 is 2.25 bits per heavy atom. The first-order chi connectivity index (χ1) is 9.47. The summed E-state index contributed by atoms with van der Waals surface area (Å²) < 4.78 is 0. The molecule has 0 aromatic carbocycles. The number of carboxylic acids is 1. The van der Waals surface area contributed by atoms with Crippen LogP contribution in [-0.2, 0) is 4.79 Å². The number of carbonyl (C=O) groups is 2. The molecule has 0 aliphatic heterocycles. The number of hydrogen-bond acceptors (Lipinski definition) is 4. The molecule has 1 aromatic rings. The summed E-state index contributed by atoms with van der Waals surface area (Å²) in [5, 5.41) is 14.0. The van der Waals surface area contributed by atoms with Gasteiger partial charge in [0, 0.05) is 23.9 Å². The van der Waals surface area contributed by atoms with Gasteiger partial charge in [0.15, 0.2) is 5.13 Å². The summed E-state index contributed by atoms with van der Waals surface area (Å²) in [5.41, 5.74) is 1.05. The zero-order valence-corrected chi connectivity index (χ0v) is 12.4. The van der Waals surface area contributed by atoms with E-state index in [0.717, 1.165) is 5.69 Å². The van der Waals surface area contributed by atoms with E-state index >= 15 is 0 Å². The van der Waals surface area contributed by atoms with Gasteiger partial charge in [-0.25, -0.2) is 9.78 Å². The molecule has 1 saturated carbocycles. The number of nitrogens with zero attached hydrogens (tertiary/aromatic N) is 2. The molecule has 2 rings (SSSR count). The predicted molar refractivity (Wildman–Crippen MR) is 77.2 cm³/mol. The molecule has 0 spiro atoms. The third-order valence-electron chi connectivity index (χ3n) is 3.18. The molecule has 2 amide bonds. The van der Waals surface area contributed by atoms with Crippen molar-refractivity contribution in [1.82, 2.24) is 9.88 Å². The second kappa shape index (κ2) is 6.21. The molecule has 1 aliphatic rings. The van der Waals surface area contributed by atoms with Crippen molar-refractivity contribution >= 4 is 28.5 Å². The van der Waals surface area contributed by atoms with E-state index in [0.29, 0.717) is 11.0 Å². The first kappa shape index (κ1) is 14.8. The van der Waals surface area contributed by atoms with E-state index in [1.54, 1.807) is 0 Å². The van der Waals surface area contributed by atoms with Crippen LogP contribution < -0.4 is 5.32 Å². The van der Waals surface area contributed by atoms with Gasteiger partial charge in [0.25, 0.3) is 0 Å². The predicted octanol–water partition coefficient (Wildman–Crippen LogP) is 2.74. The number of urea groups is 1. The molecule has 0 atom stereocenters. The highest BCUT2D eigenvalue weighted by Crippen LogP contribution is 2.40. The Hall–Kier alpha value is -1.63. The molecular weight excluding hydrogens is 278 g/mol. The fourth-order valence-electron chi connectivity index (χ4n) is 1.88. The largest absolute Gasteiger partial charge is 0.481 e. The van der Waals surface area contributed by atoms with E-state index in [1.165, 1.54) is 29.1 Å². The second-order valence-corrected chi connectivity index (χ2v) is 6.07. The number of anilines is 1. The highest BCUT2D eigenvalue weighted by atomic mass is 32.1. The number of carbonyl (C=O) groups excluding carboxylic acids is 1. The van der Waals surface area contributed by atoms with Crippen LogP contribution in [0.3, 0.4) is 0 Å². The summed E-state index contributed by atoms with van der Waals surface area (Å²) in [6.45, 7) is 3.91.